The molecule has 6 heteroatoms. The Kier molecular flexibility index (Phi) is 6.97. The van der Waals surface area contributed by atoms with Gasteiger partial charge in [0.15, 0.2) is 0 Å². The first-order chi connectivity index (χ1) is 8.87. The third-order valence-electron chi connectivity index (χ3n) is 3.96. The van der Waals surface area contributed by atoms with Crippen molar-refractivity contribution in [1.29, 1.82) is 0 Å². The summed E-state index contributed by atoms with van der Waals surface area (Å²) in [4.78, 5) is 0. The number of rotatable bonds is 7. The second-order valence-electron chi connectivity index (χ2n) is 5.62. The van der Waals surface area contributed by atoms with Crippen molar-refractivity contribution < 1.29 is 12.6 Å². The van der Waals surface area contributed by atoms with Crippen molar-refractivity contribution in [3.63, 3.8) is 0 Å². The molecule has 1 rings (SSSR count). The van der Waals surface area contributed by atoms with Gasteiger partial charge in [-0.05, 0) is 32.2 Å². The fourth-order valence-corrected chi connectivity index (χ4v) is 6.18. The highest BCUT2D eigenvalue weighted by atomic mass is 32.2. The summed E-state index contributed by atoms with van der Waals surface area (Å²) in [6, 6.07) is 0.272. The summed E-state index contributed by atoms with van der Waals surface area (Å²) >= 11 is 0. The van der Waals surface area contributed by atoms with E-state index in [4.69, 9.17) is 0 Å². The van der Waals surface area contributed by atoms with Gasteiger partial charge < -0.3 is 5.32 Å². The van der Waals surface area contributed by atoms with Gasteiger partial charge in [-0.1, -0.05) is 19.8 Å². The maximum atomic E-state index is 12.4. The van der Waals surface area contributed by atoms with Gasteiger partial charge in [-0.2, -0.15) is 0 Å². The van der Waals surface area contributed by atoms with E-state index in [0.717, 1.165) is 19.3 Å². The van der Waals surface area contributed by atoms with Crippen molar-refractivity contribution in [2.45, 2.75) is 50.3 Å². The number of hydrogen-bond acceptors (Lipinski definition) is 4. The Morgan fingerprint density at radius 1 is 1.32 bits per heavy atom. The number of hydrogen-bond donors (Lipinski definition) is 1. The smallest absolute Gasteiger partial charge is 0.148 e. The highest BCUT2D eigenvalue weighted by Gasteiger charge is 2.33. The molecule has 0 aromatic rings. The molecular weight excluding hydrogens is 282 g/mol. The minimum Gasteiger partial charge on any atom is -0.316 e. The fraction of sp³-hybridized carbons (Fsp3) is 1.00. The lowest BCUT2D eigenvalue weighted by Crippen LogP contribution is -2.45. The van der Waals surface area contributed by atoms with Crippen molar-refractivity contribution in [3.05, 3.63) is 0 Å². The number of nitrogens with one attached hydrogen (secondary N) is 1. The highest BCUT2D eigenvalue weighted by molar-refractivity contribution is 7.92. The molecule has 4 atom stereocenters. The Morgan fingerprint density at radius 3 is 2.53 bits per heavy atom. The van der Waals surface area contributed by atoms with E-state index in [1.165, 1.54) is 19.1 Å². The first-order valence-electron chi connectivity index (χ1n) is 7.09. The molecule has 4 nitrogen and oxygen atoms in total. The zero-order chi connectivity index (χ0) is 14.5. The largest absolute Gasteiger partial charge is 0.316 e. The summed E-state index contributed by atoms with van der Waals surface area (Å²) in [5.41, 5.74) is 0. The van der Waals surface area contributed by atoms with Crippen molar-refractivity contribution in [2.75, 3.05) is 24.8 Å². The molecule has 19 heavy (non-hydrogen) atoms. The van der Waals surface area contributed by atoms with E-state index in [-0.39, 0.29) is 22.8 Å². The average Bonchev–Trinajstić information content (AvgIpc) is 2.35. The van der Waals surface area contributed by atoms with Crippen LogP contribution in [0.2, 0.25) is 0 Å². The molecule has 0 bridgehead atoms. The predicted octanol–water partition coefficient (Wildman–Crippen LogP) is 1.34. The van der Waals surface area contributed by atoms with Crippen molar-refractivity contribution in [2.24, 2.45) is 5.92 Å². The summed E-state index contributed by atoms with van der Waals surface area (Å²) in [6.45, 7) is 2.18. The van der Waals surface area contributed by atoms with Gasteiger partial charge in [0, 0.05) is 28.9 Å². The Labute approximate surface area is 120 Å². The summed E-state index contributed by atoms with van der Waals surface area (Å²) < 4.78 is 34.7. The van der Waals surface area contributed by atoms with Crippen LogP contribution < -0.4 is 5.32 Å². The van der Waals surface area contributed by atoms with Crippen LogP contribution in [0.1, 0.15) is 39.0 Å². The summed E-state index contributed by atoms with van der Waals surface area (Å²) in [6.07, 6.45) is 6.78. The molecule has 0 aromatic carbocycles. The van der Waals surface area contributed by atoms with E-state index in [9.17, 15) is 12.6 Å². The monoisotopic (exact) mass is 309 g/mol. The zero-order valence-electron chi connectivity index (χ0n) is 12.2. The Morgan fingerprint density at radius 2 is 2.00 bits per heavy atom. The maximum absolute atomic E-state index is 12.4. The standard InChI is InChI=1S/C13H27NO3S2/c1-4-5-11-6-7-12(14-2)13(10-11)18(15)8-9-19(3,16)17/h11-14H,4-10H2,1-3H3. The van der Waals surface area contributed by atoms with E-state index in [1.54, 1.807) is 0 Å². The zero-order valence-corrected chi connectivity index (χ0v) is 13.9. The van der Waals surface area contributed by atoms with Crippen LogP contribution in [0.3, 0.4) is 0 Å². The second-order valence-corrected chi connectivity index (χ2v) is 9.65. The molecule has 1 saturated carbocycles. The van der Waals surface area contributed by atoms with Crippen LogP contribution in [0.5, 0.6) is 0 Å². The molecule has 4 unspecified atom stereocenters. The van der Waals surface area contributed by atoms with Gasteiger partial charge in [0.25, 0.3) is 0 Å². The molecule has 0 spiro atoms. The van der Waals surface area contributed by atoms with Crippen LogP contribution in [0.15, 0.2) is 0 Å². The van der Waals surface area contributed by atoms with Gasteiger partial charge in [-0.3, -0.25) is 4.21 Å². The Bertz CT molecular complexity index is 395. The van der Waals surface area contributed by atoms with E-state index in [2.05, 4.69) is 12.2 Å². The average molecular weight is 309 g/mol. The molecule has 0 aromatic heterocycles. The van der Waals surface area contributed by atoms with E-state index >= 15 is 0 Å². The van der Waals surface area contributed by atoms with Gasteiger partial charge in [0.05, 0.1) is 11.0 Å². The third-order valence-corrected chi connectivity index (χ3v) is 6.97. The molecule has 0 amide bonds. The van der Waals surface area contributed by atoms with Gasteiger partial charge in [0.1, 0.15) is 9.84 Å². The summed E-state index contributed by atoms with van der Waals surface area (Å²) in [5, 5.41) is 3.36. The molecule has 114 valence electrons. The summed E-state index contributed by atoms with van der Waals surface area (Å²) in [5.74, 6) is 0.965. The van der Waals surface area contributed by atoms with Crippen LogP contribution in [0, 0.1) is 5.92 Å². The van der Waals surface area contributed by atoms with Crippen LogP contribution in [-0.2, 0) is 20.6 Å². The number of sulfone groups is 1. The van der Waals surface area contributed by atoms with E-state index in [0.29, 0.717) is 5.92 Å². The molecule has 1 fully saturated rings. The lowest BCUT2D eigenvalue weighted by Gasteiger charge is -2.35. The van der Waals surface area contributed by atoms with E-state index in [1.807, 2.05) is 7.05 Å². The van der Waals surface area contributed by atoms with Gasteiger partial charge in [-0.25, -0.2) is 8.42 Å². The predicted molar refractivity (Wildman–Crippen MR) is 81.6 cm³/mol. The normalized spacial score (nSPS) is 30.2. The van der Waals surface area contributed by atoms with Crippen molar-refractivity contribution in [3.8, 4) is 0 Å². The second kappa shape index (κ2) is 7.74. The van der Waals surface area contributed by atoms with Gasteiger partial charge >= 0.3 is 0 Å². The first-order valence-corrected chi connectivity index (χ1v) is 10.5. The SMILES string of the molecule is CCCC1CCC(NC)C(S(=O)CCS(C)(=O)=O)C1. The molecule has 1 N–H and O–H groups in total. The molecule has 0 aliphatic heterocycles. The van der Waals surface area contributed by atoms with Gasteiger partial charge in [-0.15, -0.1) is 0 Å². The maximum Gasteiger partial charge on any atom is 0.148 e. The van der Waals surface area contributed by atoms with Crippen LogP contribution in [0.25, 0.3) is 0 Å². The molecule has 0 radical (unpaired) electrons. The molecule has 0 saturated heterocycles. The quantitative estimate of drug-likeness (QED) is 0.771. The molecule has 1 aliphatic carbocycles. The molecular formula is C13H27NO3S2. The minimum absolute atomic E-state index is 0.0327. The van der Waals surface area contributed by atoms with Crippen molar-refractivity contribution >= 4 is 20.6 Å². The van der Waals surface area contributed by atoms with Crippen LogP contribution in [0.4, 0.5) is 0 Å². The first kappa shape index (κ1) is 17.1. The third kappa shape index (κ3) is 5.92. The molecule has 1 aliphatic rings. The van der Waals surface area contributed by atoms with Crippen LogP contribution >= 0.6 is 0 Å². The van der Waals surface area contributed by atoms with Crippen LogP contribution in [-0.4, -0.2) is 48.7 Å². The lowest BCUT2D eigenvalue weighted by molar-refractivity contribution is 0.292. The topological polar surface area (TPSA) is 63.2 Å². The highest BCUT2D eigenvalue weighted by Crippen LogP contribution is 2.31. The lowest BCUT2D eigenvalue weighted by atomic mass is 9.83. The Hall–Kier alpha value is 0.0600. The summed E-state index contributed by atoms with van der Waals surface area (Å²) in [7, 11) is -2.16. The molecule has 0 heterocycles. The Balaban J connectivity index is 2.61. The fourth-order valence-electron chi connectivity index (χ4n) is 2.89. The van der Waals surface area contributed by atoms with Crippen molar-refractivity contribution in [1.82, 2.24) is 5.32 Å². The minimum atomic E-state index is -3.02. The van der Waals surface area contributed by atoms with E-state index < -0.39 is 20.6 Å². The van der Waals surface area contributed by atoms with Gasteiger partial charge in [0.2, 0.25) is 0 Å².